The number of carboxylic acid groups (broad SMARTS) is 1. The first-order valence-electron chi connectivity index (χ1n) is 12.8. The van der Waals surface area contributed by atoms with Gasteiger partial charge in [-0.2, -0.15) is 0 Å². The van der Waals surface area contributed by atoms with E-state index >= 15 is 0 Å². The number of amides is 2. The molecule has 0 radical (unpaired) electrons. The minimum atomic E-state index is -0.986. The molecule has 0 spiro atoms. The van der Waals surface area contributed by atoms with Gasteiger partial charge in [-0.15, -0.1) is 11.3 Å². The summed E-state index contributed by atoms with van der Waals surface area (Å²) in [5.74, 6) is -1.19. The van der Waals surface area contributed by atoms with Crippen molar-refractivity contribution in [1.82, 2.24) is 20.1 Å². The molecule has 0 bridgehead atoms. The molecule has 2 amide bonds. The third kappa shape index (κ3) is 5.35. The van der Waals surface area contributed by atoms with E-state index in [4.69, 9.17) is 0 Å². The van der Waals surface area contributed by atoms with Crippen molar-refractivity contribution in [1.29, 1.82) is 0 Å². The Morgan fingerprint density at radius 3 is 2.39 bits per heavy atom. The van der Waals surface area contributed by atoms with E-state index in [1.807, 2.05) is 72.9 Å². The van der Waals surface area contributed by atoms with Gasteiger partial charge in [0, 0.05) is 35.6 Å². The van der Waals surface area contributed by atoms with Gasteiger partial charge in [0.1, 0.15) is 5.01 Å². The topological polar surface area (TPSA) is 103 Å². The lowest BCUT2D eigenvalue weighted by molar-refractivity contribution is -0.145. The predicted molar refractivity (Wildman–Crippen MR) is 146 cm³/mol. The normalized spacial score (nSPS) is 18.0. The fourth-order valence-electron chi connectivity index (χ4n) is 5.53. The van der Waals surface area contributed by atoms with Crippen LogP contribution < -0.4 is 5.32 Å². The van der Waals surface area contributed by atoms with Crippen LogP contribution in [0.4, 0.5) is 0 Å². The molecule has 1 aromatic heterocycles. The first-order chi connectivity index (χ1) is 18.2. The second kappa shape index (κ2) is 10.7. The van der Waals surface area contributed by atoms with E-state index in [2.05, 4.69) is 15.2 Å². The van der Waals surface area contributed by atoms with Crippen LogP contribution in [0.3, 0.4) is 0 Å². The molecule has 8 nitrogen and oxygen atoms in total. The first kappa shape index (κ1) is 26.1. The summed E-state index contributed by atoms with van der Waals surface area (Å²) in [7, 11) is 4.09. The third-order valence-electron chi connectivity index (χ3n) is 7.71. The first-order valence-corrected chi connectivity index (χ1v) is 13.7. The number of aromatic nitrogens is 1. The summed E-state index contributed by atoms with van der Waals surface area (Å²) >= 11 is 1.44. The minimum absolute atomic E-state index is 0.0481. The highest BCUT2D eigenvalue weighted by atomic mass is 32.1. The highest BCUT2D eigenvalue weighted by Gasteiger charge is 2.45. The zero-order valence-corrected chi connectivity index (χ0v) is 22.5. The molecule has 2 heterocycles. The number of hydrogen-bond donors (Lipinski definition) is 2. The number of carboxylic acids is 1. The lowest BCUT2D eigenvalue weighted by atomic mass is 9.80. The molecule has 5 rings (SSSR count). The number of nitrogens with zero attached hydrogens (tertiary/aromatic N) is 3. The molecule has 1 saturated heterocycles. The standard InChI is InChI=1S/C29H32N4O4S/c1-32(2)23-11-12-33(17-23)27(36)20-9-7-19(8-10-20)24-18-38-25(31-24)16-30-28(37)29(15-26(34)35)13-21-5-3-4-6-22(21)14-29/h3-10,18,23H,11-17H2,1-2H3,(H,30,37)(H,34,35)/t23-/m1/s1. The Labute approximate surface area is 226 Å². The highest BCUT2D eigenvalue weighted by Crippen LogP contribution is 2.40. The Kier molecular flexibility index (Phi) is 7.32. The van der Waals surface area contributed by atoms with Gasteiger partial charge in [-0.25, -0.2) is 4.98 Å². The van der Waals surface area contributed by atoms with Gasteiger partial charge in [-0.05, 0) is 56.6 Å². The maximum atomic E-state index is 13.3. The van der Waals surface area contributed by atoms with E-state index in [0.29, 0.717) is 24.4 Å². The van der Waals surface area contributed by atoms with Crippen LogP contribution in [0, 0.1) is 5.41 Å². The molecular weight excluding hydrogens is 500 g/mol. The van der Waals surface area contributed by atoms with E-state index in [-0.39, 0.29) is 24.8 Å². The molecule has 9 heteroatoms. The molecule has 1 atom stereocenters. The van der Waals surface area contributed by atoms with Gasteiger partial charge >= 0.3 is 5.97 Å². The van der Waals surface area contributed by atoms with Crippen LogP contribution in [0.5, 0.6) is 0 Å². The number of likely N-dealkylation sites (N-methyl/N-ethyl adjacent to an activating group) is 1. The van der Waals surface area contributed by atoms with Gasteiger partial charge in [0.2, 0.25) is 5.91 Å². The van der Waals surface area contributed by atoms with Crippen molar-refractivity contribution >= 4 is 29.1 Å². The van der Waals surface area contributed by atoms with Gasteiger partial charge in [-0.3, -0.25) is 14.4 Å². The molecule has 1 aliphatic carbocycles. The van der Waals surface area contributed by atoms with Crippen molar-refractivity contribution < 1.29 is 19.5 Å². The predicted octanol–water partition coefficient (Wildman–Crippen LogP) is 3.46. The zero-order valence-electron chi connectivity index (χ0n) is 21.6. The van der Waals surface area contributed by atoms with Crippen LogP contribution in [0.1, 0.15) is 39.3 Å². The Hall–Kier alpha value is -3.56. The van der Waals surface area contributed by atoms with Gasteiger partial charge in [0.05, 0.1) is 24.1 Å². The number of likely N-dealkylation sites (tertiary alicyclic amines) is 1. The summed E-state index contributed by atoms with van der Waals surface area (Å²) in [6, 6.07) is 15.6. The third-order valence-corrected chi connectivity index (χ3v) is 8.56. The van der Waals surface area contributed by atoms with Crippen molar-refractivity contribution in [2.24, 2.45) is 5.41 Å². The molecule has 1 fully saturated rings. The molecule has 198 valence electrons. The van der Waals surface area contributed by atoms with Crippen LogP contribution in [-0.2, 0) is 29.0 Å². The van der Waals surface area contributed by atoms with Gasteiger partial charge in [0.15, 0.2) is 0 Å². The van der Waals surface area contributed by atoms with Crippen molar-refractivity contribution in [3.63, 3.8) is 0 Å². The number of rotatable bonds is 8. The minimum Gasteiger partial charge on any atom is -0.481 e. The summed E-state index contributed by atoms with van der Waals surface area (Å²) in [5, 5.41) is 15.1. The lowest BCUT2D eigenvalue weighted by Crippen LogP contribution is -2.43. The van der Waals surface area contributed by atoms with Crippen LogP contribution in [0.15, 0.2) is 53.9 Å². The molecule has 3 aromatic rings. The monoisotopic (exact) mass is 532 g/mol. The highest BCUT2D eigenvalue weighted by molar-refractivity contribution is 7.09. The molecule has 1 aliphatic heterocycles. The summed E-state index contributed by atoms with van der Waals surface area (Å²) in [4.78, 5) is 46.5. The number of thiazole rings is 1. The van der Waals surface area contributed by atoms with Crippen molar-refractivity contribution in [3.8, 4) is 11.3 Å². The van der Waals surface area contributed by atoms with Gasteiger partial charge < -0.3 is 20.2 Å². The second-order valence-electron chi connectivity index (χ2n) is 10.5. The molecule has 2 N–H and O–H groups in total. The van der Waals surface area contributed by atoms with E-state index in [9.17, 15) is 19.5 Å². The Balaban J connectivity index is 1.21. The van der Waals surface area contributed by atoms with Gasteiger partial charge in [0.25, 0.3) is 5.91 Å². The maximum absolute atomic E-state index is 13.3. The smallest absolute Gasteiger partial charge is 0.304 e. The van der Waals surface area contributed by atoms with Gasteiger partial charge in [-0.1, -0.05) is 36.4 Å². The number of fused-ring (bicyclic) bond motifs is 1. The zero-order chi connectivity index (χ0) is 26.9. The molecule has 38 heavy (non-hydrogen) atoms. The lowest BCUT2D eigenvalue weighted by Gasteiger charge is -2.25. The summed E-state index contributed by atoms with van der Waals surface area (Å²) in [5.41, 5.74) is 3.42. The average Bonchev–Trinajstić information content (AvgIpc) is 3.65. The quantitative estimate of drug-likeness (QED) is 0.461. The number of hydrogen-bond acceptors (Lipinski definition) is 6. The summed E-state index contributed by atoms with van der Waals surface area (Å²) < 4.78 is 0. The van der Waals surface area contributed by atoms with Crippen molar-refractivity contribution in [3.05, 3.63) is 75.6 Å². The Morgan fingerprint density at radius 1 is 1.11 bits per heavy atom. The fraction of sp³-hybridized carbons (Fsp3) is 0.379. The molecule has 2 aliphatic rings. The second-order valence-corrected chi connectivity index (χ2v) is 11.5. The SMILES string of the molecule is CN(C)[C@@H]1CCN(C(=O)c2ccc(-c3csc(CNC(=O)C4(CC(=O)O)Cc5ccccc5C4)n3)cc2)C1. The summed E-state index contributed by atoms with van der Waals surface area (Å²) in [6.07, 6.45) is 1.61. The number of aliphatic carboxylic acids is 1. The Morgan fingerprint density at radius 2 is 1.79 bits per heavy atom. The van der Waals surface area contributed by atoms with Crippen LogP contribution in [-0.4, -0.2) is 70.9 Å². The fourth-order valence-corrected chi connectivity index (χ4v) is 6.27. The largest absolute Gasteiger partial charge is 0.481 e. The van der Waals surface area contributed by atoms with E-state index in [1.54, 1.807) is 0 Å². The van der Waals surface area contributed by atoms with Crippen molar-refractivity contribution in [2.45, 2.75) is 38.3 Å². The number of nitrogens with one attached hydrogen (secondary N) is 1. The van der Waals surface area contributed by atoms with Crippen LogP contribution >= 0.6 is 11.3 Å². The molecule has 2 aromatic carbocycles. The maximum Gasteiger partial charge on any atom is 0.304 e. The molecular formula is C29H32N4O4S. The number of benzene rings is 2. The van der Waals surface area contributed by atoms with Crippen LogP contribution in [0.2, 0.25) is 0 Å². The molecule has 0 unspecified atom stereocenters. The van der Waals surface area contributed by atoms with E-state index in [0.717, 1.165) is 46.9 Å². The summed E-state index contributed by atoms with van der Waals surface area (Å²) in [6.45, 7) is 1.75. The van der Waals surface area contributed by atoms with Crippen molar-refractivity contribution in [2.75, 3.05) is 27.2 Å². The number of carbonyl (C=O) groups excluding carboxylic acids is 2. The van der Waals surface area contributed by atoms with E-state index in [1.165, 1.54) is 11.3 Å². The molecule has 0 saturated carbocycles. The average molecular weight is 533 g/mol. The van der Waals surface area contributed by atoms with E-state index < -0.39 is 11.4 Å². The van der Waals surface area contributed by atoms with Crippen LogP contribution in [0.25, 0.3) is 11.3 Å². The Bertz CT molecular complexity index is 1330. The number of carbonyl (C=O) groups is 3.